The van der Waals surface area contributed by atoms with Crippen LogP contribution in [0.3, 0.4) is 0 Å². The number of halogens is 2. The molecule has 21 heavy (non-hydrogen) atoms. The average Bonchev–Trinajstić information content (AvgIpc) is 2.47. The van der Waals surface area contributed by atoms with E-state index in [2.05, 4.69) is 31.3 Å². The third-order valence-corrected chi connectivity index (χ3v) is 3.34. The standard InChI is InChI=1S/C17H19ClFNO/c1-12(2)20-10-13-3-5-14(6-4-13)11-21-15-7-8-16(18)17(19)9-15/h3-9,12,20H,10-11H2,1-2H3. The quantitative estimate of drug-likeness (QED) is 0.845. The zero-order valence-electron chi connectivity index (χ0n) is 12.2. The van der Waals surface area contributed by atoms with Crippen molar-refractivity contribution in [3.05, 3.63) is 64.4 Å². The summed E-state index contributed by atoms with van der Waals surface area (Å²) in [7, 11) is 0. The van der Waals surface area contributed by atoms with Crippen LogP contribution in [0.1, 0.15) is 25.0 Å². The van der Waals surface area contributed by atoms with Gasteiger partial charge in [0.25, 0.3) is 0 Å². The normalized spacial score (nSPS) is 10.9. The second kappa shape index (κ2) is 7.43. The molecule has 1 N–H and O–H groups in total. The SMILES string of the molecule is CC(C)NCc1ccc(COc2ccc(Cl)c(F)c2)cc1. The first kappa shape index (κ1) is 15.8. The molecule has 2 rings (SSSR count). The van der Waals surface area contributed by atoms with Gasteiger partial charge in [0.2, 0.25) is 0 Å². The highest BCUT2D eigenvalue weighted by Crippen LogP contribution is 2.21. The highest BCUT2D eigenvalue weighted by Gasteiger charge is 2.02. The van der Waals surface area contributed by atoms with Crippen LogP contribution in [0.25, 0.3) is 0 Å². The molecule has 0 saturated carbocycles. The van der Waals surface area contributed by atoms with E-state index in [4.69, 9.17) is 16.3 Å². The first-order chi connectivity index (χ1) is 10.0. The molecule has 112 valence electrons. The van der Waals surface area contributed by atoms with Crippen LogP contribution in [0.5, 0.6) is 5.75 Å². The van der Waals surface area contributed by atoms with Crippen LogP contribution in [0.4, 0.5) is 4.39 Å². The second-order valence-corrected chi connectivity index (χ2v) is 5.62. The molecular formula is C17H19ClFNO. The van der Waals surface area contributed by atoms with Crippen molar-refractivity contribution in [1.82, 2.24) is 5.32 Å². The molecule has 0 bridgehead atoms. The maximum atomic E-state index is 13.3. The molecule has 2 nitrogen and oxygen atoms in total. The number of ether oxygens (including phenoxy) is 1. The Hall–Kier alpha value is -1.58. The van der Waals surface area contributed by atoms with Gasteiger partial charge in [0.05, 0.1) is 5.02 Å². The molecule has 2 aromatic rings. The third-order valence-electron chi connectivity index (χ3n) is 3.03. The molecular weight excluding hydrogens is 289 g/mol. The van der Waals surface area contributed by atoms with Gasteiger partial charge in [-0.2, -0.15) is 0 Å². The Morgan fingerprint density at radius 3 is 2.38 bits per heavy atom. The van der Waals surface area contributed by atoms with Crippen LogP contribution in [0.2, 0.25) is 5.02 Å². The van der Waals surface area contributed by atoms with Crippen molar-refractivity contribution in [2.45, 2.75) is 33.0 Å². The van der Waals surface area contributed by atoms with Crippen molar-refractivity contribution in [2.75, 3.05) is 0 Å². The smallest absolute Gasteiger partial charge is 0.145 e. The van der Waals surface area contributed by atoms with E-state index in [1.807, 2.05) is 12.1 Å². The molecule has 0 aliphatic heterocycles. The Morgan fingerprint density at radius 1 is 1.10 bits per heavy atom. The van der Waals surface area contributed by atoms with Crippen LogP contribution < -0.4 is 10.1 Å². The first-order valence-electron chi connectivity index (χ1n) is 6.93. The van der Waals surface area contributed by atoms with Gasteiger partial charge in [-0.15, -0.1) is 0 Å². The Morgan fingerprint density at radius 2 is 1.76 bits per heavy atom. The second-order valence-electron chi connectivity index (χ2n) is 5.22. The first-order valence-corrected chi connectivity index (χ1v) is 7.31. The minimum Gasteiger partial charge on any atom is -0.489 e. The van der Waals surface area contributed by atoms with E-state index in [1.54, 1.807) is 6.07 Å². The van der Waals surface area contributed by atoms with Gasteiger partial charge in [0.15, 0.2) is 0 Å². The summed E-state index contributed by atoms with van der Waals surface area (Å²) < 4.78 is 18.8. The fourth-order valence-electron chi connectivity index (χ4n) is 1.81. The van der Waals surface area contributed by atoms with E-state index in [1.165, 1.54) is 17.7 Å². The summed E-state index contributed by atoms with van der Waals surface area (Å²) >= 11 is 5.63. The van der Waals surface area contributed by atoms with Gasteiger partial charge in [-0.05, 0) is 23.3 Å². The third kappa shape index (κ3) is 5.03. The molecule has 0 saturated heterocycles. The fourth-order valence-corrected chi connectivity index (χ4v) is 1.93. The van der Waals surface area contributed by atoms with E-state index < -0.39 is 5.82 Å². The number of benzene rings is 2. The van der Waals surface area contributed by atoms with Gasteiger partial charge in [-0.3, -0.25) is 0 Å². The molecule has 0 aliphatic rings. The Kier molecular flexibility index (Phi) is 5.59. The van der Waals surface area contributed by atoms with Crippen LogP contribution in [-0.4, -0.2) is 6.04 Å². The zero-order valence-corrected chi connectivity index (χ0v) is 13.0. The summed E-state index contributed by atoms with van der Waals surface area (Å²) in [6, 6.07) is 13.1. The molecule has 0 radical (unpaired) electrons. The molecule has 0 amide bonds. The lowest BCUT2D eigenvalue weighted by Gasteiger charge is -2.10. The number of hydrogen-bond acceptors (Lipinski definition) is 2. The largest absolute Gasteiger partial charge is 0.489 e. The highest BCUT2D eigenvalue weighted by molar-refractivity contribution is 6.30. The van der Waals surface area contributed by atoms with Crippen molar-refractivity contribution >= 4 is 11.6 Å². The minimum atomic E-state index is -0.468. The summed E-state index contributed by atoms with van der Waals surface area (Å²) in [6.45, 7) is 5.49. The van der Waals surface area contributed by atoms with Crippen molar-refractivity contribution < 1.29 is 9.13 Å². The number of hydrogen-bond donors (Lipinski definition) is 1. The fraction of sp³-hybridized carbons (Fsp3) is 0.294. The van der Waals surface area contributed by atoms with Crippen LogP contribution in [-0.2, 0) is 13.2 Å². The average molecular weight is 308 g/mol. The molecule has 0 heterocycles. The van der Waals surface area contributed by atoms with Gasteiger partial charge in [-0.25, -0.2) is 4.39 Å². The summed E-state index contributed by atoms with van der Waals surface area (Å²) in [5.41, 5.74) is 2.27. The van der Waals surface area contributed by atoms with Crippen molar-refractivity contribution in [3.63, 3.8) is 0 Å². The summed E-state index contributed by atoms with van der Waals surface area (Å²) in [6.07, 6.45) is 0. The molecule has 0 aliphatic carbocycles. The van der Waals surface area contributed by atoms with E-state index in [0.29, 0.717) is 18.4 Å². The maximum absolute atomic E-state index is 13.3. The molecule has 0 unspecified atom stereocenters. The van der Waals surface area contributed by atoms with Crippen LogP contribution in [0, 0.1) is 5.82 Å². The van der Waals surface area contributed by atoms with Crippen molar-refractivity contribution in [2.24, 2.45) is 0 Å². The highest BCUT2D eigenvalue weighted by atomic mass is 35.5. The lowest BCUT2D eigenvalue weighted by atomic mass is 10.1. The summed E-state index contributed by atoms with van der Waals surface area (Å²) in [5.74, 6) is 0.00623. The molecule has 2 aromatic carbocycles. The van der Waals surface area contributed by atoms with Gasteiger partial charge in [0.1, 0.15) is 18.2 Å². The predicted octanol–water partition coefficient (Wildman–Crippen LogP) is 4.56. The van der Waals surface area contributed by atoms with Crippen LogP contribution in [0.15, 0.2) is 42.5 Å². The molecule has 0 atom stereocenters. The van der Waals surface area contributed by atoms with Crippen molar-refractivity contribution in [3.8, 4) is 5.75 Å². The van der Waals surface area contributed by atoms with Gasteiger partial charge in [-0.1, -0.05) is 49.7 Å². The molecule has 0 fully saturated rings. The Bertz CT molecular complexity index is 584. The monoisotopic (exact) mass is 307 g/mol. The molecule has 4 heteroatoms. The maximum Gasteiger partial charge on any atom is 0.145 e. The predicted molar refractivity (Wildman–Crippen MR) is 84.2 cm³/mol. The van der Waals surface area contributed by atoms with Crippen LogP contribution >= 0.6 is 11.6 Å². The lowest BCUT2D eigenvalue weighted by Crippen LogP contribution is -2.21. The van der Waals surface area contributed by atoms with E-state index in [-0.39, 0.29) is 5.02 Å². The number of rotatable bonds is 6. The number of nitrogens with one attached hydrogen (secondary N) is 1. The van der Waals surface area contributed by atoms with Gasteiger partial charge < -0.3 is 10.1 Å². The van der Waals surface area contributed by atoms with E-state index in [9.17, 15) is 4.39 Å². The minimum absolute atomic E-state index is 0.101. The molecule has 0 spiro atoms. The Labute approximate surface area is 129 Å². The summed E-state index contributed by atoms with van der Waals surface area (Å²) in [4.78, 5) is 0. The molecule has 0 aromatic heterocycles. The lowest BCUT2D eigenvalue weighted by molar-refractivity contribution is 0.304. The van der Waals surface area contributed by atoms with E-state index in [0.717, 1.165) is 12.1 Å². The zero-order chi connectivity index (χ0) is 15.2. The van der Waals surface area contributed by atoms with Crippen molar-refractivity contribution in [1.29, 1.82) is 0 Å². The topological polar surface area (TPSA) is 21.3 Å². The van der Waals surface area contributed by atoms with Gasteiger partial charge in [0, 0.05) is 18.7 Å². The Balaban J connectivity index is 1.89. The van der Waals surface area contributed by atoms with E-state index >= 15 is 0 Å². The van der Waals surface area contributed by atoms with Gasteiger partial charge >= 0.3 is 0 Å². The summed E-state index contributed by atoms with van der Waals surface area (Å²) in [5, 5.41) is 3.47.